The molecule has 1 aromatic heterocycles. The Labute approximate surface area is 277 Å². The monoisotopic (exact) mass is 659 g/mol. The first-order valence-electron chi connectivity index (χ1n) is 15.2. The number of aromatic nitrogens is 2. The van der Waals surface area contributed by atoms with E-state index >= 15 is 0 Å². The fraction of sp³-hybridized carbons (Fsp3) is 0.314. The van der Waals surface area contributed by atoms with Gasteiger partial charge in [-0.15, -0.1) is 10.2 Å². The van der Waals surface area contributed by atoms with Crippen LogP contribution >= 0.6 is 23.1 Å². The number of carbonyl (C=O) groups is 2. The van der Waals surface area contributed by atoms with Gasteiger partial charge in [0.25, 0.3) is 5.78 Å². The fourth-order valence-electron chi connectivity index (χ4n) is 5.07. The van der Waals surface area contributed by atoms with Crippen molar-refractivity contribution in [2.45, 2.75) is 56.2 Å². The van der Waals surface area contributed by atoms with E-state index in [0.717, 1.165) is 24.8 Å². The minimum Gasteiger partial charge on any atom is -0.507 e. The van der Waals surface area contributed by atoms with E-state index in [1.165, 1.54) is 40.7 Å². The minimum absolute atomic E-state index is 0.0584. The number of anilines is 1. The number of hydrogen-bond acceptors (Lipinski definition) is 10. The number of ketones is 1. The Kier molecular flexibility index (Phi) is 11.0. The molecule has 0 radical (unpaired) electrons. The maximum atomic E-state index is 13.7. The number of ether oxygens (including phenoxy) is 3. The fourth-order valence-corrected chi connectivity index (χ4v) is 6.90. The third-order valence-electron chi connectivity index (χ3n) is 7.48. The molecule has 0 spiro atoms. The van der Waals surface area contributed by atoms with Crippen LogP contribution in [0.5, 0.6) is 17.2 Å². The van der Waals surface area contributed by atoms with Crippen molar-refractivity contribution >= 4 is 45.7 Å². The van der Waals surface area contributed by atoms with Gasteiger partial charge >= 0.3 is 5.91 Å². The lowest BCUT2D eigenvalue weighted by Gasteiger charge is -2.23. The van der Waals surface area contributed by atoms with E-state index in [0.29, 0.717) is 51.7 Å². The van der Waals surface area contributed by atoms with Gasteiger partial charge < -0.3 is 19.3 Å². The van der Waals surface area contributed by atoms with Crippen molar-refractivity contribution in [3.8, 4) is 17.2 Å². The average molecular weight is 660 g/mol. The largest absolute Gasteiger partial charge is 0.507 e. The Hall–Kier alpha value is -4.35. The molecule has 4 aromatic rings. The van der Waals surface area contributed by atoms with E-state index in [4.69, 9.17) is 14.2 Å². The molecule has 1 unspecified atom stereocenters. The number of aryl methyl sites for hydroxylation is 1. The van der Waals surface area contributed by atoms with E-state index in [2.05, 4.69) is 41.4 Å². The first-order chi connectivity index (χ1) is 22.3. The number of nitrogens with zero attached hydrogens (tertiary/aromatic N) is 3. The number of unbranched alkanes of at least 4 members (excludes halogenated alkanes) is 2. The molecule has 1 aliphatic rings. The third kappa shape index (κ3) is 7.37. The number of aliphatic hydroxyl groups is 1. The predicted octanol–water partition coefficient (Wildman–Crippen LogP) is 7.74. The Morgan fingerprint density at radius 3 is 2.41 bits per heavy atom. The second kappa shape index (κ2) is 15.3. The van der Waals surface area contributed by atoms with Crippen molar-refractivity contribution in [2.75, 3.05) is 25.2 Å². The summed E-state index contributed by atoms with van der Waals surface area (Å²) in [5.41, 5.74) is 3.18. The standard InChI is InChI=1S/C35H37N3O6S2/c1-5-7-8-19-44-27-18-15-25(20-28(27)42-4)30-29(31(39)24-13-16-26(17-14-24)43-6-2)32(40)33(41)38(30)34-36-37-35(46-34)45-21-23-11-9-22(3)10-12-23/h9-18,20,30,39H,5-8,19,21H2,1-4H3/b31-29-. The van der Waals surface area contributed by atoms with Gasteiger partial charge in [-0.1, -0.05) is 78.8 Å². The SMILES string of the molecule is CCCCCOc1ccc(C2/C(=C(/O)c3ccc(OCC)cc3)C(=O)C(=O)N2c2nnc(SCc3ccc(C)cc3)s2)cc1OC. The molecule has 1 saturated heterocycles. The number of hydrogen-bond donors (Lipinski definition) is 1. The number of Topliss-reactive ketones (excluding diaryl/α,β-unsaturated/α-hetero) is 1. The van der Waals surface area contributed by atoms with E-state index in [-0.39, 0.29) is 16.5 Å². The lowest BCUT2D eigenvalue weighted by atomic mass is 9.95. The molecule has 0 aliphatic carbocycles. The topological polar surface area (TPSA) is 111 Å². The highest BCUT2D eigenvalue weighted by molar-refractivity contribution is 8.00. The van der Waals surface area contributed by atoms with Gasteiger partial charge in [0.1, 0.15) is 11.5 Å². The summed E-state index contributed by atoms with van der Waals surface area (Å²) in [6.45, 7) is 7.07. The molecule has 2 heterocycles. The number of thioether (sulfide) groups is 1. The highest BCUT2D eigenvalue weighted by Gasteiger charge is 2.48. The Balaban J connectivity index is 1.53. The predicted molar refractivity (Wildman–Crippen MR) is 181 cm³/mol. The van der Waals surface area contributed by atoms with Crippen LogP contribution in [0.2, 0.25) is 0 Å². The number of carbonyl (C=O) groups excluding carboxylic acids is 2. The Morgan fingerprint density at radius 1 is 0.957 bits per heavy atom. The number of benzene rings is 3. The number of rotatable bonds is 14. The van der Waals surface area contributed by atoms with Gasteiger partial charge in [0.15, 0.2) is 15.8 Å². The van der Waals surface area contributed by atoms with Crippen LogP contribution in [0.3, 0.4) is 0 Å². The quantitative estimate of drug-likeness (QED) is 0.0363. The van der Waals surface area contributed by atoms with Crippen LogP contribution in [0.15, 0.2) is 76.6 Å². The number of aliphatic hydroxyl groups excluding tert-OH is 1. The zero-order chi connectivity index (χ0) is 32.6. The summed E-state index contributed by atoms with van der Waals surface area (Å²) in [6, 6.07) is 19.3. The number of methoxy groups -OCH3 is 1. The second-order valence-electron chi connectivity index (χ2n) is 10.7. The Bertz CT molecular complexity index is 1700. The van der Waals surface area contributed by atoms with E-state index in [1.807, 2.05) is 13.8 Å². The maximum absolute atomic E-state index is 13.7. The summed E-state index contributed by atoms with van der Waals surface area (Å²) in [5.74, 6) is 0.378. The molecular formula is C35H37N3O6S2. The lowest BCUT2D eigenvalue weighted by Crippen LogP contribution is -2.29. The molecule has 46 heavy (non-hydrogen) atoms. The van der Waals surface area contributed by atoms with Gasteiger partial charge in [-0.3, -0.25) is 14.5 Å². The summed E-state index contributed by atoms with van der Waals surface area (Å²) in [5, 5.41) is 20.5. The van der Waals surface area contributed by atoms with Gasteiger partial charge in [-0.2, -0.15) is 0 Å². The zero-order valence-corrected chi connectivity index (χ0v) is 28.0. The third-order valence-corrected chi connectivity index (χ3v) is 9.60. The van der Waals surface area contributed by atoms with Gasteiger partial charge in [0.2, 0.25) is 5.13 Å². The molecule has 11 heteroatoms. The van der Waals surface area contributed by atoms with Crippen LogP contribution in [0.4, 0.5) is 5.13 Å². The molecule has 1 fully saturated rings. The van der Waals surface area contributed by atoms with Crippen LogP contribution in [-0.4, -0.2) is 47.3 Å². The van der Waals surface area contributed by atoms with Crippen LogP contribution in [0, 0.1) is 6.92 Å². The minimum atomic E-state index is -0.988. The first kappa shape index (κ1) is 33.0. The molecule has 1 amide bonds. The molecular weight excluding hydrogens is 623 g/mol. The van der Waals surface area contributed by atoms with Gasteiger partial charge in [-0.05, 0) is 67.8 Å². The highest BCUT2D eigenvalue weighted by Crippen LogP contribution is 2.45. The zero-order valence-electron chi connectivity index (χ0n) is 26.3. The smallest absolute Gasteiger partial charge is 0.301 e. The van der Waals surface area contributed by atoms with Crippen molar-refractivity contribution in [2.24, 2.45) is 0 Å². The number of amides is 1. The van der Waals surface area contributed by atoms with Gasteiger partial charge in [-0.25, -0.2) is 0 Å². The van der Waals surface area contributed by atoms with Crippen molar-refractivity contribution in [3.63, 3.8) is 0 Å². The van der Waals surface area contributed by atoms with Gasteiger partial charge in [0.05, 0.1) is 31.9 Å². The summed E-state index contributed by atoms with van der Waals surface area (Å²) in [6.07, 6.45) is 3.03. The molecule has 0 bridgehead atoms. The molecule has 1 atom stereocenters. The summed E-state index contributed by atoms with van der Waals surface area (Å²) >= 11 is 2.72. The highest BCUT2D eigenvalue weighted by atomic mass is 32.2. The van der Waals surface area contributed by atoms with E-state index in [1.54, 1.807) is 42.5 Å². The normalized spacial score (nSPS) is 15.7. The van der Waals surface area contributed by atoms with Crippen LogP contribution in [0.25, 0.3) is 5.76 Å². The van der Waals surface area contributed by atoms with Crippen molar-refractivity contribution in [3.05, 3.63) is 94.6 Å². The summed E-state index contributed by atoms with van der Waals surface area (Å²) in [4.78, 5) is 28.7. The van der Waals surface area contributed by atoms with Crippen LogP contribution < -0.4 is 19.1 Å². The Morgan fingerprint density at radius 2 is 1.72 bits per heavy atom. The molecule has 1 aliphatic heterocycles. The van der Waals surface area contributed by atoms with E-state index in [9.17, 15) is 14.7 Å². The molecule has 0 saturated carbocycles. The molecule has 5 rings (SSSR count). The van der Waals surface area contributed by atoms with Crippen molar-refractivity contribution in [1.82, 2.24) is 10.2 Å². The molecule has 3 aromatic carbocycles. The summed E-state index contributed by atoms with van der Waals surface area (Å²) in [7, 11) is 1.54. The van der Waals surface area contributed by atoms with Crippen LogP contribution in [-0.2, 0) is 15.3 Å². The summed E-state index contributed by atoms with van der Waals surface area (Å²) < 4.78 is 17.8. The molecule has 240 valence electrons. The molecule has 1 N–H and O–H groups in total. The van der Waals surface area contributed by atoms with Gasteiger partial charge in [0, 0.05) is 11.3 Å². The second-order valence-corrected chi connectivity index (χ2v) is 12.9. The average Bonchev–Trinajstić information content (AvgIpc) is 3.64. The lowest BCUT2D eigenvalue weighted by molar-refractivity contribution is -0.132. The first-order valence-corrected chi connectivity index (χ1v) is 17.0. The molecule has 9 nitrogen and oxygen atoms in total. The van der Waals surface area contributed by atoms with Crippen LogP contribution in [0.1, 0.15) is 61.4 Å². The van der Waals surface area contributed by atoms with Crippen molar-refractivity contribution < 1.29 is 28.9 Å². The van der Waals surface area contributed by atoms with E-state index < -0.39 is 17.7 Å². The maximum Gasteiger partial charge on any atom is 0.301 e. The van der Waals surface area contributed by atoms with Crippen molar-refractivity contribution in [1.29, 1.82) is 0 Å².